The quantitative estimate of drug-likeness (QED) is 0.452. The number of fused-ring (bicyclic) bond motifs is 1. The molecular weight excluding hydrogens is 458 g/mol. The molecule has 11 heteroatoms. The molecular formula is C24H23N3O8. The summed E-state index contributed by atoms with van der Waals surface area (Å²) in [6.45, 7) is 0.0371. The van der Waals surface area contributed by atoms with Crippen LogP contribution in [0.3, 0.4) is 0 Å². The lowest BCUT2D eigenvalue weighted by Crippen LogP contribution is -2.37. The predicted molar refractivity (Wildman–Crippen MR) is 121 cm³/mol. The molecule has 0 bridgehead atoms. The second-order valence-corrected chi connectivity index (χ2v) is 7.92. The molecule has 1 saturated heterocycles. The number of hydrogen-bond acceptors (Lipinski definition) is 8. The maximum atomic E-state index is 12.7. The smallest absolute Gasteiger partial charge is 0.338 e. The average Bonchev–Trinajstić information content (AvgIpc) is 3.45. The van der Waals surface area contributed by atoms with Crippen molar-refractivity contribution in [3.63, 3.8) is 0 Å². The second-order valence-electron chi connectivity index (χ2n) is 7.92. The standard InChI is InChI=1S/C24H23N3O8/c1-33-16-7-5-15(6-8-16)25-24(32)26-20(28)13-35-23(31)14-4-9-18-19(11-14)22(30)27(21(18)29)12-17-3-2-10-34-17/h4-9,11,17H,2-3,10,12-13H2,1H3,(H2,25,26,28,32). The first-order valence-electron chi connectivity index (χ1n) is 10.9. The van der Waals surface area contributed by atoms with Crippen molar-refractivity contribution in [1.29, 1.82) is 0 Å². The van der Waals surface area contributed by atoms with Gasteiger partial charge in [-0.3, -0.25) is 24.6 Å². The summed E-state index contributed by atoms with van der Waals surface area (Å²) in [5.41, 5.74) is 0.710. The predicted octanol–water partition coefficient (Wildman–Crippen LogP) is 1.98. The highest BCUT2D eigenvalue weighted by Crippen LogP contribution is 2.26. The van der Waals surface area contributed by atoms with E-state index >= 15 is 0 Å². The van der Waals surface area contributed by atoms with Gasteiger partial charge in [-0.2, -0.15) is 0 Å². The third kappa shape index (κ3) is 5.46. The van der Waals surface area contributed by atoms with Crippen molar-refractivity contribution in [1.82, 2.24) is 10.2 Å². The van der Waals surface area contributed by atoms with Crippen LogP contribution < -0.4 is 15.4 Å². The highest BCUT2D eigenvalue weighted by atomic mass is 16.5. The lowest BCUT2D eigenvalue weighted by Gasteiger charge is -2.17. The van der Waals surface area contributed by atoms with Gasteiger partial charge in [0.05, 0.1) is 36.4 Å². The summed E-state index contributed by atoms with van der Waals surface area (Å²) in [6.07, 6.45) is 1.45. The molecule has 2 aliphatic heterocycles. The van der Waals surface area contributed by atoms with Crippen LogP contribution in [0.15, 0.2) is 42.5 Å². The van der Waals surface area contributed by atoms with E-state index in [2.05, 4.69) is 5.32 Å². The molecule has 5 amide bonds. The van der Waals surface area contributed by atoms with Crippen LogP contribution in [0.1, 0.15) is 43.9 Å². The maximum absolute atomic E-state index is 12.7. The van der Waals surface area contributed by atoms with Crippen LogP contribution in [-0.2, 0) is 14.3 Å². The fraction of sp³-hybridized carbons (Fsp3) is 0.292. The van der Waals surface area contributed by atoms with E-state index in [0.717, 1.165) is 17.7 Å². The van der Waals surface area contributed by atoms with Crippen molar-refractivity contribution in [2.45, 2.75) is 18.9 Å². The molecule has 11 nitrogen and oxygen atoms in total. The Morgan fingerprint density at radius 1 is 1.06 bits per heavy atom. The van der Waals surface area contributed by atoms with E-state index in [-0.39, 0.29) is 29.3 Å². The normalized spacial score (nSPS) is 16.6. The second kappa shape index (κ2) is 10.3. The fourth-order valence-electron chi connectivity index (χ4n) is 3.79. The number of carbonyl (C=O) groups excluding carboxylic acids is 5. The molecule has 0 aliphatic carbocycles. The summed E-state index contributed by atoms with van der Waals surface area (Å²) in [6, 6.07) is 9.63. The Kier molecular flexibility index (Phi) is 7.06. The van der Waals surface area contributed by atoms with E-state index < -0.39 is 36.3 Å². The number of ether oxygens (including phenoxy) is 3. The van der Waals surface area contributed by atoms with Gasteiger partial charge in [-0.25, -0.2) is 9.59 Å². The lowest BCUT2D eigenvalue weighted by molar-refractivity contribution is -0.123. The molecule has 2 N–H and O–H groups in total. The monoisotopic (exact) mass is 481 g/mol. The van der Waals surface area contributed by atoms with Crippen LogP contribution in [0.4, 0.5) is 10.5 Å². The Labute approximate surface area is 200 Å². The molecule has 0 aromatic heterocycles. The van der Waals surface area contributed by atoms with Gasteiger partial charge in [-0.15, -0.1) is 0 Å². The van der Waals surface area contributed by atoms with Gasteiger partial charge in [0.1, 0.15) is 5.75 Å². The molecule has 1 unspecified atom stereocenters. The number of rotatable bonds is 7. The van der Waals surface area contributed by atoms with Crippen LogP contribution in [0.2, 0.25) is 0 Å². The summed E-state index contributed by atoms with van der Waals surface area (Å²) < 4.78 is 15.5. The van der Waals surface area contributed by atoms with E-state index in [1.807, 2.05) is 5.32 Å². The zero-order chi connectivity index (χ0) is 24.9. The number of carbonyl (C=O) groups is 5. The molecule has 1 fully saturated rings. The number of benzene rings is 2. The molecule has 2 aromatic carbocycles. The number of methoxy groups -OCH3 is 1. The van der Waals surface area contributed by atoms with Crippen molar-refractivity contribution in [3.8, 4) is 5.75 Å². The van der Waals surface area contributed by atoms with Gasteiger partial charge >= 0.3 is 12.0 Å². The largest absolute Gasteiger partial charge is 0.497 e. The van der Waals surface area contributed by atoms with Crippen LogP contribution >= 0.6 is 0 Å². The Morgan fingerprint density at radius 3 is 2.49 bits per heavy atom. The van der Waals surface area contributed by atoms with E-state index in [0.29, 0.717) is 18.0 Å². The molecule has 0 radical (unpaired) electrons. The molecule has 2 aliphatic rings. The average molecular weight is 481 g/mol. The fourth-order valence-corrected chi connectivity index (χ4v) is 3.79. The van der Waals surface area contributed by atoms with Crippen molar-refractivity contribution in [2.24, 2.45) is 0 Å². The first kappa shape index (κ1) is 23.9. The minimum Gasteiger partial charge on any atom is -0.497 e. The molecule has 35 heavy (non-hydrogen) atoms. The summed E-state index contributed by atoms with van der Waals surface area (Å²) in [7, 11) is 1.51. The van der Waals surface area contributed by atoms with E-state index in [1.165, 1.54) is 25.3 Å². The Balaban J connectivity index is 1.29. The Hall–Kier alpha value is -4.25. The molecule has 2 aromatic rings. The van der Waals surface area contributed by atoms with Gasteiger partial charge in [0.15, 0.2) is 6.61 Å². The van der Waals surface area contributed by atoms with Crippen LogP contribution in [0, 0.1) is 0 Å². The van der Waals surface area contributed by atoms with E-state index in [1.54, 1.807) is 24.3 Å². The highest BCUT2D eigenvalue weighted by Gasteiger charge is 2.38. The molecule has 1 atom stereocenters. The number of imide groups is 2. The third-order valence-corrected chi connectivity index (χ3v) is 5.55. The zero-order valence-electron chi connectivity index (χ0n) is 18.9. The first-order chi connectivity index (χ1) is 16.9. The van der Waals surface area contributed by atoms with Crippen molar-refractivity contribution < 1.29 is 38.2 Å². The summed E-state index contributed by atoms with van der Waals surface area (Å²) in [5.74, 6) is -2.08. The highest BCUT2D eigenvalue weighted by molar-refractivity contribution is 6.22. The van der Waals surface area contributed by atoms with Gasteiger partial charge in [0, 0.05) is 12.3 Å². The maximum Gasteiger partial charge on any atom is 0.338 e. The Morgan fingerprint density at radius 2 is 1.80 bits per heavy atom. The third-order valence-electron chi connectivity index (χ3n) is 5.55. The lowest BCUT2D eigenvalue weighted by atomic mass is 10.1. The van der Waals surface area contributed by atoms with E-state index in [4.69, 9.17) is 14.2 Å². The van der Waals surface area contributed by atoms with Crippen molar-refractivity contribution in [3.05, 3.63) is 59.2 Å². The van der Waals surface area contributed by atoms with Gasteiger partial charge in [0.25, 0.3) is 17.7 Å². The number of urea groups is 1. The Bertz CT molecular complexity index is 1170. The summed E-state index contributed by atoms with van der Waals surface area (Å²) in [5, 5.41) is 4.50. The van der Waals surface area contributed by atoms with Gasteiger partial charge in [0.2, 0.25) is 0 Å². The van der Waals surface area contributed by atoms with Crippen LogP contribution in [0.25, 0.3) is 0 Å². The number of esters is 1. The molecule has 4 rings (SSSR count). The van der Waals surface area contributed by atoms with Crippen LogP contribution in [-0.4, -0.2) is 67.6 Å². The SMILES string of the molecule is COc1ccc(NC(=O)NC(=O)COC(=O)c2ccc3c(c2)C(=O)N(CC2CCCO2)C3=O)cc1. The van der Waals surface area contributed by atoms with E-state index in [9.17, 15) is 24.0 Å². The summed E-state index contributed by atoms with van der Waals surface area (Å²) >= 11 is 0. The van der Waals surface area contributed by atoms with Gasteiger partial charge in [-0.1, -0.05) is 0 Å². The van der Waals surface area contributed by atoms with Crippen molar-refractivity contribution in [2.75, 3.05) is 32.2 Å². The number of nitrogens with one attached hydrogen (secondary N) is 2. The zero-order valence-corrected chi connectivity index (χ0v) is 18.9. The van der Waals surface area contributed by atoms with Crippen molar-refractivity contribution >= 4 is 35.4 Å². The number of nitrogens with zero attached hydrogens (tertiary/aromatic N) is 1. The number of anilines is 1. The topological polar surface area (TPSA) is 140 Å². The molecule has 0 spiro atoms. The molecule has 0 saturated carbocycles. The van der Waals surface area contributed by atoms with Crippen LogP contribution in [0.5, 0.6) is 5.75 Å². The summed E-state index contributed by atoms with van der Waals surface area (Å²) in [4.78, 5) is 62.8. The van der Waals surface area contributed by atoms with Gasteiger partial charge < -0.3 is 19.5 Å². The molecule has 2 heterocycles. The first-order valence-corrected chi connectivity index (χ1v) is 10.9. The number of amides is 5. The minimum absolute atomic E-state index is 0.000601. The minimum atomic E-state index is -0.878. The molecule has 182 valence electrons. The van der Waals surface area contributed by atoms with Gasteiger partial charge in [-0.05, 0) is 55.3 Å². The number of hydrogen-bond donors (Lipinski definition) is 2.